The van der Waals surface area contributed by atoms with Gasteiger partial charge in [-0.1, -0.05) is 36.4 Å². The molecule has 2 amide bonds. The first kappa shape index (κ1) is 18.9. The Balaban J connectivity index is 1.27. The first-order valence-electron chi connectivity index (χ1n) is 9.67. The summed E-state index contributed by atoms with van der Waals surface area (Å²) in [5.41, 5.74) is 3.07. The van der Waals surface area contributed by atoms with E-state index in [0.717, 1.165) is 11.1 Å². The summed E-state index contributed by atoms with van der Waals surface area (Å²) in [6.07, 6.45) is 7.39. The van der Waals surface area contributed by atoms with Gasteiger partial charge >= 0.3 is 0 Å². The molecule has 0 aliphatic carbocycles. The van der Waals surface area contributed by atoms with Crippen molar-refractivity contribution in [3.8, 4) is 0 Å². The Kier molecular flexibility index (Phi) is 5.65. The third kappa shape index (κ3) is 4.87. The first-order valence-corrected chi connectivity index (χ1v) is 9.67. The maximum atomic E-state index is 12.5. The molecule has 1 aromatic carbocycles. The fourth-order valence-electron chi connectivity index (χ4n) is 3.50. The van der Waals surface area contributed by atoms with E-state index in [9.17, 15) is 9.59 Å². The molecule has 1 saturated heterocycles. The molecule has 0 spiro atoms. The summed E-state index contributed by atoms with van der Waals surface area (Å²) in [4.78, 5) is 30.6. The molecule has 0 bridgehead atoms. The van der Waals surface area contributed by atoms with Gasteiger partial charge in [0, 0.05) is 50.2 Å². The summed E-state index contributed by atoms with van der Waals surface area (Å²) in [6, 6.07) is 13.9. The number of rotatable bonds is 7. The van der Waals surface area contributed by atoms with Gasteiger partial charge in [0.25, 0.3) is 0 Å². The third-order valence-corrected chi connectivity index (χ3v) is 5.02. The van der Waals surface area contributed by atoms with Crippen molar-refractivity contribution < 1.29 is 9.59 Å². The highest BCUT2D eigenvalue weighted by molar-refractivity contribution is 5.89. The van der Waals surface area contributed by atoms with Crippen LogP contribution in [0, 0.1) is 5.92 Å². The standard InChI is InChI=1S/C22H23N5O2/c28-21-9-20(16-26(21)13-18-7-4-8-23-10-18)22(29)24-11-19-12-25-27(15-19)14-17-5-2-1-3-6-17/h1-8,10,12,15,20H,9,11,13-14,16H2,(H,24,29). The van der Waals surface area contributed by atoms with Crippen LogP contribution in [0.4, 0.5) is 0 Å². The van der Waals surface area contributed by atoms with Crippen LogP contribution in [0.15, 0.2) is 67.3 Å². The van der Waals surface area contributed by atoms with Crippen LogP contribution in [0.1, 0.15) is 23.1 Å². The second-order valence-corrected chi connectivity index (χ2v) is 7.29. The zero-order valence-corrected chi connectivity index (χ0v) is 16.1. The lowest BCUT2D eigenvalue weighted by atomic mass is 10.1. The van der Waals surface area contributed by atoms with E-state index in [-0.39, 0.29) is 24.2 Å². The highest BCUT2D eigenvalue weighted by atomic mass is 16.2. The Morgan fingerprint density at radius 2 is 1.86 bits per heavy atom. The number of aromatic nitrogens is 3. The van der Waals surface area contributed by atoms with Crippen molar-refractivity contribution in [1.29, 1.82) is 0 Å². The predicted octanol–water partition coefficient (Wildman–Crippen LogP) is 1.99. The molecular weight excluding hydrogens is 366 g/mol. The van der Waals surface area contributed by atoms with Crippen LogP contribution in [0.5, 0.6) is 0 Å². The second-order valence-electron chi connectivity index (χ2n) is 7.29. The lowest BCUT2D eigenvalue weighted by Gasteiger charge is -2.16. The van der Waals surface area contributed by atoms with Gasteiger partial charge in [-0.15, -0.1) is 0 Å². The van der Waals surface area contributed by atoms with E-state index in [1.165, 1.54) is 5.56 Å². The highest BCUT2D eigenvalue weighted by Crippen LogP contribution is 2.20. The van der Waals surface area contributed by atoms with Crippen molar-refractivity contribution in [3.63, 3.8) is 0 Å². The number of nitrogens with zero attached hydrogens (tertiary/aromatic N) is 4. The number of pyridine rings is 1. The number of likely N-dealkylation sites (tertiary alicyclic amines) is 1. The fourth-order valence-corrected chi connectivity index (χ4v) is 3.50. The minimum atomic E-state index is -0.321. The molecule has 29 heavy (non-hydrogen) atoms. The Morgan fingerprint density at radius 3 is 2.66 bits per heavy atom. The van der Waals surface area contributed by atoms with Gasteiger partial charge in [-0.05, 0) is 17.2 Å². The molecule has 7 heteroatoms. The fraction of sp³-hybridized carbons (Fsp3) is 0.273. The highest BCUT2D eigenvalue weighted by Gasteiger charge is 2.34. The van der Waals surface area contributed by atoms with Crippen LogP contribution in [0.3, 0.4) is 0 Å². The lowest BCUT2D eigenvalue weighted by Crippen LogP contribution is -2.32. The monoisotopic (exact) mass is 389 g/mol. The number of carbonyl (C=O) groups is 2. The van der Waals surface area contributed by atoms with E-state index in [0.29, 0.717) is 26.2 Å². The number of hydrogen-bond donors (Lipinski definition) is 1. The summed E-state index contributed by atoms with van der Waals surface area (Å²) < 4.78 is 1.85. The van der Waals surface area contributed by atoms with Crippen LogP contribution >= 0.6 is 0 Å². The predicted molar refractivity (Wildman–Crippen MR) is 107 cm³/mol. The summed E-state index contributed by atoms with van der Waals surface area (Å²) in [7, 11) is 0. The van der Waals surface area contributed by atoms with Crippen molar-refractivity contribution in [2.24, 2.45) is 5.92 Å². The van der Waals surface area contributed by atoms with Gasteiger partial charge in [-0.25, -0.2) is 0 Å². The Labute approximate surface area is 169 Å². The topological polar surface area (TPSA) is 80.1 Å². The molecule has 2 aromatic heterocycles. The summed E-state index contributed by atoms with van der Waals surface area (Å²) in [5, 5.41) is 7.29. The zero-order chi connectivity index (χ0) is 20.1. The number of amides is 2. The molecule has 7 nitrogen and oxygen atoms in total. The van der Waals surface area contributed by atoms with E-state index >= 15 is 0 Å². The van der Waals surface area contributed by atoms with Crippen molar-refractivity contribution in [2.75, 3.05) is 6.54 Å². The van der Waals surface area contributed by atoms with Gasteiger partial charge in [-0.2, -0.15) is 5.10 Å². The molecule has 1 N–H and O–H groups in total. The molecule has 3 heterocycles. The van der Waals surface area contributed by atoms with Gasteiger partial charge in [0.15, 0.2) is 0 Å². The van der Waals surface area contributed by atoms with Crippen molar-refractivity contribution in [3.05, 3.63) is 83.9 Å². The normalized spacial score (nSPS) is 16.2. The lowest BCUT2D eigenvalue weighted by molar-refractivity contribution is -0.129. The van der Waals surface area contributed by atoms with Crippen LogP contribution in [0.2, 0.25) is 0 Å². The van der Waals surface area contributed by atoms with E-state index in [4.69, 9.17) is 0 Å². The van der Waals surface area contributed by atoms with Crippen LogP contribution in [-0.4, -0.2) is 38.0 Å². The molecule has 0 saturated carbocycles. The molecule has 3 aromatic rings. The number of benzene rings is 1. The first-order chi connectivity index (χ1) is 14.2. The smallest absolute Gasteiger partial charge is 0.225 e. The largest absolute Gasteiger partial charge is 0.352 e. The van der Waals surface area contributed by atoms with Crippen LogP contribution < -0.4 is 5.32 Å². The summed E-state index contributed by atoms with van der Waals surface area (Å²) >= 11 is 0. The molecule has 4 rings (SSSR count). The molecule has 1 aliphatic rings. The molecule has 0 radical (unpaired) electrons. The van der Waals surface area contributed by atoms with E-state index in [2.05, 4.69) is 27.5 Å². The van der Waals surface area contributed by atoms with Gasteiger partial charge in [0.2, 0.25) is 11.8 Å². The van der Waals surface area contributed by atoms with Gasteiger partial charge in [0.1, 0.15) is 0 Å². The number of carbonyl (C=O) groups excluding carboxylic acids is 2. The molecular formula is C22H23N5O2. The minimum Gasteiger partial charge on any atom is -0.352 e. The SMILES string of the molecule is O=C(NCc1cnn(Cc2ccccc2)c1)C1CC(=O)N(Cc2cccnc2)C1. The molecule has 1 atom stereocenters. The molecule has 148 valence electrons. The Morgan fingerprint density at radius 1 is 1.03 bits per heavy atom. The Hall–Kier alpha value is -3.48. The Bertz CT molecular complexity index is 971. The molecule has 1 unspecified atom stereocenters. The minimum absolute atomic E-state index is 0.00434. The second kappa shape index (κ2) is 8.68. The summed E-state index contributed by atoms with van der Waals surface area (Å²) in [6.45, 7) is 2.02. The molecule has 1 fully saturated rings. The van der Waals surface area contributed by atoms with Crippen molar-refractivity contribution in [2.45, 2.75) is 26.1 Å². The number of nitrogens with one attached hydrogen (secondary N) is 1. The van der Waals surface area contributed by atoms with Crippen LogP contribution in [0.25, 0.3) is 0 Å². The third-order valence-electron chi connectivity index (χ3n) is 5.02. The maximum absolute atomic E-state index is 12.5. The molecule has 1 aliphatic heterocycles. The zero-order valence-electron chi connectivity index (χ0n) is 16.1. The van der Waals surface area contributed by atoms with Gasteiger partial charge in [-0.3, -0.25) is 19.3 Å². The van der Waals surface area contributed by atoms with Crippen molar-refractivity contribution in [1.82, 2.24) is 25.0 Å². The average molecular weight is 389 g/mol. The van der Waals surface area contributed by atoms with E-state index < -0.39 is 0 Å². The van der Waals surface area contributed by atoms with Crippen LogP contribution in [-0.2, 0) is 29.2 Å². The van der Waals surface area contributed by atoms with E-state index in [1.54, 1.807) is 23.5 Å². The number of hydrogen-bond acceptors (Lipinski definition) is 4. The van der Waals surface area contributed by atoms with E-state index in [1.807, 2.05) is 41.2 Å². The van der Waals surface area contributed by atoms with Gasteiger partial charge < -0.3 is 10.2 Å². The van der Waals surface area contributed by atoms with Crippen molar-refractivity contribution >= 4 is 11.8 Å². The summed E-state index contributed by atoms with van der Waals surface area (Å²) in [5.74, 6) is -0.411. The maximum Gasteiger partial charge on any atom is 0.225 e. The average Bonchev–Trinajstić information content (AvgIpc) is 3.34. The quantitative estimate of drug-likeness (QED) is 0.670. The van der Waals surface area contributed by atoms with Gasteiger partial charge in [0.05, 0.1) is 18.7 Å².